The first-order chi connectivity index (χ1) is 15.1. The maximum absolute atomic E-state index is 13.7. The molecule has 0 unspecified atom stereocenters. The summed E-state index contributed by atoms with van der Waals surface area (Å²) in [5, 5.41) is 4.34. The average molecular weight is 416 g/mol. The van der Waals surface area contributed by atoms with Crippen LogP contribution in [-0.2, 0) is 6.42 Å². The molecule has 0 saturated heterocycles. The van der Waals surface area contributed by atoms with Crippen molar-refractivity contribution in [2.75, 3.05) is 6.54 Å². The summed E-state index contributed by atoms with van der Waals surface area (Å²) < 4.78 is 21.3. The molecule has 8 nitrogen and oxygen atoms in total. The van der Waals surface area contributed by atoms with Crippen molar-refractivity contribution < 1.29 is 13.6 Å². The predicted molar refractivity (Wildman–Crippen MR) is 109 cm³/mol. The van der Waals surface area contributed by atoms with Crippen LogP contribution in [0.1, 0.15) is 39.2 Å². The molecule has 0 fully saturated rings. The fourth-order valence-corrected chi connectivity index (χ4v) is 4.19. The second-order valence-corrected chi connectivity index (χ2v) is 7.68. The molecule has 1 atom stereocenters. The zero-order valence-corrected chi connectivity index (χ0v) is 16.5. The van der Waals surface area contributed by atoms with E-state index in [0.717, 1.165) is 16.8 Å². The van der Waals surface area contributed by atoms with Crippen LogP contribution < -0.4 is 0 Å². The van der Waals surface area contributed by atoms with E-state index < -0.39 is 11.9 Å². The van der Waals surface area contributed by atoms with E-state index in [0.29, 0.717) is 41.2 Å². The maximum Gasteiger partial charge on any atom is 0.258 e. The number of halogens is 1. The number of pyridine rings is 1. The molecular formula is C22H17FN6O2. The third-order valence-electron chi connectivity index (χ3n) is 5.68. The number of rotatable bonds is 2. The van der Waals surface area contributed by atoms with Crippen LogP contribution in [0, 0.1) is 12.7 Å². The number of hydrogen-bond acceptors (Lipinski definition) is 5. The van der Waals surface area contributed by atoms with Crippen LogP contribution in [-0.4, -0.2) is 41.9 Å². The van der Waals surface area contributed by atoms with Crippen LogP contribution >= 0.6 is 0 Å². The molecule has 6 rings (SSSR count). The number of nitrogens with one attached hydrogen (secondary N) is 1. The molecule has 154 valence electrons. The minimum atomic E-state index is -0.627. The first-order valence-corrected chi connectivity index (χ1v) is 9.91. The second-order valence-electron chi connectivity index (χ2n) is 7.68. The van der Waals surface area contributed by atoms with Gasteiger partial charge in [0.05, 0.1) is 29.3 Å². The number of H-pyrrole nitrogens is 1. The van der Waals surface area contributed by atoms with Crippen LogP contribution in [0.5, 0.6) is 0 Å². The largest absolute Gasteiger partial charge is 0.438 e. The van der Waals surface area contributed by atoms with Crippen LogP contribution in [0.3, 0.4) is 0 Å². The Hall–Kier alpha value is -4.01. The van der Waals surface area contributed by atoms with E-state index in [1.807, 2.05) is 25.3 Å². The number of aromatic amines is 1. The van der Waals surface area contributed by atoms with E-state index in [-0.39, 0.29) is 5.91 Å². The van der Waals surface area contributed by atoms with Gasteiger partial charge < -0.3 is 14.3 Å². The summed E-state index contributed by atoms with van der Waals surface area (Å²) in [5.41, 5.74) is 4.73. The number of oxazole rings is 1. The molecule has 0 bridgehead atoms. The number of hydrogen-bond donors (Lipinski definition) is 1. The fraction of sp³-hybridized carbons (Fsp3) is 0.182. The SMILES string of the molecule is Cc1ccc2c(C(=O)N3CCc4[nH]cnc4[C@H]3c3nc4cc(F)ccc4o3)cnn2c1. The van der Waals surface area contributed by atoms with Gasteiger partial charge in [-0.25, -0.2) is 18.9 Å². The highest BCUT2D eigenvalue weighted by Crippen LogP contribution is 2.36. The number of fused-ring (bicyclic) bond motifs is 3. The molecule has 1 aromatic carbocycles. The normalized spacial score (nSPS) is 16.2. The number of nitrogens with zero attached hydrogens (tertiary/aromatic N) is 5. The van der Waals surface area contributed by atoms with Crippen molar-refractivity contribution in [3.63, 3.8) is 0 Å². The molecule has 0 saturated carbocycles. The maximum atomic E-state index is 13.7. The molecule has 5 heterocycles. The summed E-state index contributed by atoms with van der Waals surface area (Å²) in [7, 11) is 0. The van der Waals surface area contributed by atoms with Gasteiger partial charge in [-0.15, -0.1) is 0 Å². The lowest BCUT2D eigenvalue weighted by atomic mass is 10.0. The molecule has 0 spiro atoms. The summed E-state index contributed by atoms with van der Waals surface area (Å²) in [6, 6.07) is 7.38. The fourth-order valence-electron chi connectivity index (χ4n) is 4.19. The molecule has 1 aliphatic heterocycles. The third-order valence-corrected chi connectivity index (χ3v) is 5.68. The van der Waals surface area contributed by atoms with Crippen LogP contribution in [0.15, 0.2) is 53.5 Å². The number of aryl methyl sites for hydroxylation is 1. The highest BCUT2D eigenvalue weighted by atomic mass is 19.1. The minimum absolute atomic E-state index is 0.189. The summed E-state index contributed by atoms with van der Waals surface area (Å²) in [5.74, 6) is -0.286. The van der Waals surface area contributed by atoms with Crippen LogP contribution in [0.4, 0.5) is 4.39 Å². The molecule has 1 aliphatic rings. The lowest BCUT2D eigenvalue weighted by Gasteiger charge is -2.32. The van der Waals surface area contributed by atoms with E-state index in [1.165, 1.54) is 18.2 Å². The lowest BCUT2D eigenvalue weighted by molar-refractivity contribution is 0.0669. The molecule has 1 N–H and O–H groups in total. The topological polar surface area (TPSA) is 92.3 Å². The van der Waals surface area contributed by atoms with Gasteiger partial charge in [0.25, 0.3) is 5.91 Å². The van der Waals surface area contributed by atoms with Crippen LogP contribution in [0.25, 0.3) is 16.6 Å². The van der Waals surface area contributed by atoms with Gasteiger partial charge in [0.1, 0.15) is 11.3 Å². The third kappa shape index (κ3) is 2.73. The zero-order chi connectivity index (χ0) is 21.1. The molecule has 5 aromatic rings. The van der Waals surface area contributed by atoms with Crippen molar-refractivity contribution in [3.05, 3.63) is 83.3 Å². The van der Waals surface area contributed by atoms with Crippen molar-refractivity contribution in [2.24, 2.45) is 0 Å². The molecule has 31 heavy (non-hydrogen) atoms. The number of benzene rings is 1. The van der Waals surface area contributed by atoms with E-state index >= 15 is 0 Å². The standard InChI is InChI=1S/C22H17FN6O2/c1-12-2-4-17-14(9-26-29(17)10-12)22(30)28-7-6-15-19(25-11-24-15)20(28)21-27-16-8-13(23)3-5-18(16)31-21/h2-5,8-11,20H,6-7H2,1H3,(H,24,25)/t20-/m0/s1. The van der Waals surface area contributed by atoms with Crippen molar-refractivity contribution in [3.8, 4) is 0 Å². The smallest absolute Gasteiger partial charge is 0.258 e. The number of amides is 1. The van der Waals surface area contributed by atoms with Gasteiger partial charge >= 0.3 is 0 Å². The Kier molecular flexibility index (Phi) is 3.73. The first-order valence-electron chi connectivity index (χ1n) is 9.91. The van der Waals surface area contributed by atoms with Gasteiger partial charge in [-0.1, -0.05) is 6.07 Å². The van der Waals surface area contributed by atoms with Gasteiger partial charge in [0, 0.05) is 30.9 Å². The average Bonchev–Trinajstić information content (AvgIpc) is 3.49. The Morgan fingerprint density at radius 2 is 2.19 bits per heavy atom. The quantitative estimate of drug-likeness (QED) is 0.476. The zero-order valence-electron chi connectivity index (χ0n) is 16.5. The molecule has 1 amide bonds. The summed E-state index contributed by atoms with van der Waals surface area (Å²) in [6.07, 6.45) is 5.69. The Morgan fingerprint density at radius 3 is 3.10 bits per heavy atom. The lowest BCUT2D eigenvalue weighted by Crippen LogP contribution is -2.40. The van der Waals surface area contributed by atoms with Crippen molar-refractivity contribution in [2.45, 2.75) is 19.4 Å². The van der Waals surface area contributed by atoms with Gasteiger partial charge in [-0.3, -0.25) is 4.79 Å². The molecule has 4 aromatic heterocycles. The Balaban J connectivity index is 1.48. The van der Waals surface area contributed by atoms with Gasteiger partial charge in [-0.05, 0) is 30.7 Å². The second kappa shape index (κ2) is 6.49. The van der Waals surface area contributed by atoms with E-state index in [9.17, 15) is 9.18 Å². The van der Waals surface area contributed by atoms with E-state index in [2.05, 4.69) is 20.1 Å². The number of carbonyl (C=O) groups excluding carboxylic acids is 1. The van der Waals surface area contributed by atoms with Gasteiger partial charge in [0.2, 0.25) is 5.89 Å². The van der Waals surface area contributed by atoms with Gasteiger partial charge in [-0.2, -0.15) is 5.10 Å². The summed E-state index contributed by atoms with van der Waals surface area (Å²) in [6.45, 7) is 2.42. The Labute approximate surface area is 175 Å². The predicted octanol–water partition coefficient (Wildman–Crippen LogP) is 3.43. The number of carbonyl (C=O) groups is 1. The number of imidazole rings is 1. The monoisotopic (exact) mass is 416 g/mol. The highest BCUT2D eigenvalue weighted by molar-refractivity contribution is 6.01. The molecule has 0 aliphatic carbocycles. The van der Waals surface area contributed by atoms with Crippen molar-refractivity contribution in [1.29, 1.82) is 0 Å². The Bertz CT molecular complexity index is 1470. The highest BCUT2D eigenvalue weighted by Gasteiger charge is 2.38. The van der Waals surface area contributed by atoms with Crippen molar-refractivity contribution >= 4 is 22.5 Å². The van der Waals surface area contributed by atoms with E-state index in [4.69, 9.17) is 4.42 Å². The van der Waals surface area contributed by atoms with Gasteiger partial charge in [0.15, 0.2) is 11.6 Å². The molecule has 0 radical (unpaired) electrons. The van der Waals surface area contributed by atoms with E-state index in [1.54, 1.807) is 21.9 Å². The van der Waals surface area contributed by atoms with Crippen LogP contribution in [0.2, 0.25) is 0 Å². The Morgan fingerprint density at radius 1 is 1.29 bits per heavy atom. The first kappa shape index (κ1) is 17.8. The molecule has 9 heteroatoms. The minimum Gasteiger partial charge on any atom is -0.438 e. The number of aromatic nitrogens is 5. The summed E-state index contributed by atoms with van der Waals surface area (Å²) >= 11 is 0. The summed E-state index contributed by atoms with van der Waals surface area (Å²) in [4.78, 5) is 27.4. The molecular weight excluding hydrogens is 399 g/mol. The van der Waals surface area contributed by atoms with Crippen molar-refractivity contribution in [1.82, 2.24) is 29.5 Å².